The normalized spacial score (nSPS) is 25.1. The number of benzene rings is 1. The van der Waals surface area contributed by atoms with E-state index in [1.54, 1.807) is 12.1 Å². The zero-order valence-corrected chi connectivity index (χ0v) is 30.3. The predicted molar refractivity (Wildman–Crippen MR) is 185 cm³/mol. The Morgan fingerprint density at radius 3 is 1.37 bits per heavy atom. The molecule has 1 atom stereocenters. The topological polar surface area (TPSA) is 145 Å². The molecule has 1 aromatic rings. The smallest absolute Gasteiger partial charge is 0.337 e. The highest BCUT2D eigenvalue weighted by Crippen LogP contribution is 2.67. The minimum absolute atomic E-state index is 0.232. The second-order valence-electron chi connectivity index (χ2n) is 12.3. The quantitative estimate of drug-likeness (QED) is 0.411. The average Bonchev–Trinajstić information content (AvgIpc) is 3.17. The van der Waals surface area contributed by atoms with Crippen molar-refractivity contribution in [3.63, 3.8) is 0 Å². The van der Waals surface area contributed by atoms with E-state index in [2.05, 4.69) is 0 Å². The van der Waals surface area contributed by atoms with E-state index in [0.717, 1.165) is 28.7 Å². The average molecular weight is 733 g/mol. The molecule has 52 heavy (non-hydrogen) atoms. The van der Waals surface area contributed by atoms with Crippen molar-refractivity contribution in [1.29, 1.82) is 0 Å². The third kappa shape index (κ3) is 9.74. The molecule has 0 N–H and O–H groups in total. The van der Waals surface area contributed by atoms with Crippen LogP contribution in [0.2, 0.25) is 0 Å². The zero-order valence-electron chi connectivity index (χ0n) is 30.3. The molecule has 4 aliphatic carbocycles. The maximum atomic E-state index is 12.5. The SMILES string of the molecule is COC(=O)C1=CC2=CC(=C1)C21OCCOCCOCCOCCOCCCOCCOCCOCCOCCOCC12c1cc(C(=O)OC)cc2c1. The first-order chi connectivity index (χ1) is 25.6. The minimum Gasteiger partial charge on any atom is -0.465 e. The molecule has 4 bridgehead atoms. The molecule has 1 saturated heterocycles. The van der Waals surface area contributed by atoms with Gasteiger partial charge in [0.2, 0.25) is 0 Å². The van der Waals surface area contributed by atoms with Gasteiger partial charge in [-0.2, -0.15) is 0 Å². The number of rotatable bonds is 2. The predicted octanol–water partition coefficient (Wildman–Crippen LogP) is 2.57. The molecule has 288 valence electrons. The largest absolute Gasteiger partial charge is 0.465 e. The van der Waals surface area contributed by atoms with Crippen molar-refractivity contribution in [3.05, 3.63) is 69.8 Å². The molecule has 1 unspecified atom stereocenters. The van der Waals surface area contributed by atoms with Gasteiger partial charge >= 0.3 is 11.9 Å². The van der Waals surface area contributed by atoms with Gasteiger partial charge in [-0.1, -0.05) is 6.08 Å². The van der Waals surface area contributed by atoms with Crippen LogP contribution in [0.3, 0.4) is 0 Å². The number of esters is 2. The van der Waals surface area contributed by atoms with E-state index >= 15 is 0 Å². The first-order valence-electron chi connectivity index (χ1n) is 17.9. The molecule has 14 heteroatoms. The highest BCUT2D eigenvalue weighted by atomic mass is 16.6. The van der Waals surface area contributed by atoms with Crippen LogP contribution in [0.5, 0.6) is 0 Å². The fourth-order valence-corrected chi connectivity index (χ4v) is 6.64. The molecule has 0 aromatic heterocycles. The lowest BCUT2D eigenvalue weighted by molar-refractivity contribution is -0.138. The van der Waals surface area contributed by atoms with Gasteiger partial charge in [0.15, 0.2) is 0 Å². The van der Waals surface area contributed by atoms with Crippen molar-refractivity contribution >= 4 is 11.9 Å². The summed E-state index contributed by atoms with van der Waals surface area (Å²) in [6.07, 6.45) is 6.46. The fourth-order valence-electron chi connectivity index (χ4n) is 6.64. The summed E-state index contributed by atoms with van der Waals surface area (Å²) >= 11 is 0. The number of methoxy groups -OCH3 is 2. The Morgan fingerprint density at radius 1 is 0.500 bits per heavy atom. The van der Waals surface area contributed by atoms with Crippen molar-refractivity contribution in [3.8, 4) is 0 Å². The van der Waals surface area contributed by atoms with E-state index in [9.17, 15) is 9.59 Å². The number of ether oxygens (including phenoxy) is 12. The molecule has 0 amide bonds. The van der Waals surface area contributed by atoms with Crippen molar-refractivity contribution in [1.82, 2.24) is 0 Å². The van der Waals surface area contributed by atoms with Crippen LogP contribution in [0.15, 0.2) is 53.1 Å². The number of fused-ring (bicyclic) bond motifs is 2. The number of hydrogen-bond donors (Lipinski definition) is 0. The molecular weight excluding hydrogens is 680 g/mol. The zero-order chi connectivity index (χ0) is 36.5. The van der Waals surface area contributed by atoms with Crippen LogP contribution in [0.1, 0.15) is 27.9 Å². The summed E-state index contributed by atoms with van der Waals surface area (Å²) in [4.78, 5) is 25.1. The van der Waals surface area contributed by atoms with Gasteiger partial charge in [0.25, 0.3) is 0 Å². The molecule has 0 saturated carbocycles. The molecule has 6 rings (SSSR count). The Morgan fingerprint density at radius 2 is 0.923 bits per heavy atom. The Hall–Kier alpha value is -3.02. The molecule has 2 spiro atoms. The summed E-state index contributed by atoms with van der Waals surface area (Å²) in [6.45, 7) is 8.15. The van der Waals surface area contributed by atoms with Crippen LogP contribution in [-0.2, 0) is 67.2 Å². The molecule has 5 aliphatic rings. The highest BCUT2D eigenvalue weighted by Gasteiger charge is 2.66. The van der Waals surface area contributed by atoms with Crippen LogP contribution in [0.4, 0.5) is 0 Å². The van der Waals surface area contributed by atoms with E-state index in [1.807, 2.05) is 24.3 Å². The Labute approximate surface area is 305 Å². The van der Waals surface area contributed by atoms with E-state index in [-0.39, 0.29) is 13.2 Å². The Bertz CT molecular complexity index is 1370. The van der Waals surface area contributed by atoms with E-state index in [1.165, 1.54) is 14.2 Å². The van der Waals surface area contributed by atoms with Crippen LogP contribution in [0, 0.1) is 5.41 Å². The Kier molecular flexibility index (Phi) is 16.2. The second kappa shape index (κ2) is 21.0. The van der Waals surface area contributed by atoms with Gasteiger partial charge in [0, 0.05) is 13.2 Å². The fraction of sp³-hybridized carbons (Fsp3) is 0.632. The molecule has 1 aliphatic heterocycles. The summed E-state index contributed by atoms with van der Waals surface area (Å²) in [6, 6.07) is 5.58. The molecule has 0 radical (unpaired) electrons. The van der Waals surface area contributed by atoms with Crippen molar-refractivity contribution < 1.29 is 66.4 Å². The van der Waals surface area contributed by atoms with Crippen LogP contribution in [-0.4, -0.2) is 152 Å². The number of carbonyl (C=O) groups excluding carboxylic acids is 2. The molecule has 1 heterocycles. The van der Waals surface area contributed by atoms with E-state index < -0.39 is 23.0 Å². The van der Waals surface area contributed by atoms with Crippen molar-refractivity contribution in [2.75, 3.05) is 140 Å². The maximum absolute atomic E-state index is 12.5. The van der Waals surface area contributed by atoms with Crippen molar-refractivity contribution in [2.45, 2.75) is 12.0 Å². The van der Waals surface area contributed by atoms with Gasteiger partial charge in [0.05, 0.1) is 143 Å². The van der Waals surface area contributed by atoms with Crippen LogP contribution < -0.4 is 0 Å². The number of carbonyl (C=O) groups is 2. The third-order valence-corrected chi connectivity index (χ3v) is 9.15. The standard InChI is InChI=1S/C38H52O14/c1-41-35(39)29-22-31-26-32(23-29)37(31)28-51-19-18-49-15-14-47-12-10-45-8-6-43-4-3-5-44-7-9-46-11-13-48-16-17-50-20-21-52-38(37)33-24-30(36(40)42-2)25-34(38)27-33/h22-27H,3-21,28H2,1-2H3. The lowest BCUT2D eigenvalue weighted by atomic mass is 9.47. The Balaban J connectivity index is 1.23. The third-order valence-electron chi connectivity index (χ3n) is 9.15. The van der Waals surface area contributed by atoms with Gasteiger partial charge in [0.1, 0.15) is 5.60 Å². The summed E-state index contributed by atoms with van der Waals surface area (Å²) in [5.74, 6) is -0.868. The van der Waals surface area contributed by atoms with Gasteiger partial charge in [-0.3, -0.25) is 0 Å². The highest BCUT2D eigenvalue weighted by molar-refractivity contribution is 5.95. The summed E-state index contributed by atoms with van der Waals surface area (Å²) in [5.41, 5.74) is 2.39. The summed E-state index contributed by atoms with van der Waals surface area (Å²) < 4.78 is 68.3. The second-order valence-corrected chi connectivity index (χ2v) is 12.3. The van der Waals surface area contributed by atoms with Crippen LogP contribution in [0.25, 0.3) is 0 Å². The van der Waals surface area contributed by atoms with E-state index in [0.29, 0.717) is 123 Å². The molecular formula is C38H52O14. The summed E-state index contributed by atoms with van der Waals surface area (Å²) in [5, 5.41) is 0. The van der Waals surface area contributed by atoms with Crippen molar-refractivity contribution in [2.24, 2.45) is 5.41 Å². The van der Waals surface area contributed by atoms with Crippen LogP contribution >= 0.6 is 0 Å². The van der Waals surface area contributed by atoms with Gasteiger partial charge < -0.3 is 56.8 Å². The van der Waals surface area contributed by atoms with Gasteiger partial charge in [-0.15, -0.1) is 0 Å². The molecule has 14 nitrogen and oxygen atoms in total. The lowest BCUT2D eigenvalue weighted by Gasteiger charge is -2.60. The summed E-state index contributed by atoms with van der Waals surface area (Å²) in [7, 11) is 2.71. The first-order valence-corrected chi connectivity index (χ1v) is 17.9. The lowest BCUT2D eigenvalue weighted by Crippen LogP contribution is -2.60. The number of hydrogen-bond acceptors (Lipinski definition) is 14. The number of allylic oxidation sites excluding steroid dienone is 2. The van der Waals surface area contributed by atoms with E-state index in [4.69, 9.17) is 56.8 Å². The van der Waals surface area contributed by atoms with Gasteiger partial charge in [-0.25, -0.2) is 9.59 Å². The minimum atomic E-state index is -0.999. The molecule has 1 fully saturated rings. The first kappa shape index (κ1) is 40.2. The monoisotopic (exact) mass is 732 g/mol. The molecule has 1 aromatic carbocycles. The van der Waals surface area contributed by atoms with Gasteiger partial charge in [-0.05, 0) is 59.0 Å². The maximum Gasteiger partial charge on any atom is 0.337 e.